The van der Waals surface area contributed by atoms with Crippen molar-refractivity contribution in [3.63, 3.8) is 0 Å². The number of rotatable bonds is 4. The van der Waals surface area contributed by atoms with Gasteiger partial charge in [0, 0.05) is 6.54 Å². The summed E-state index contributed by atoms with van der Waals surface area (Å²) in [5.41, 5.74) is 1.94. The maximum absolute atomic E-state index is 13.8. The molecule has 0 atom stereocenters. The van der Waals surface area contributed by atoms with E-state index in [2.05, 4.69) is 10.6 Å². The maximum atomic E-state index is 13.8. The summed E-state index contributed by atoms with van der Waals surface area (Å²) in [5, 5.41) is 6.02. The van der Waals surface area contributed by atoms with E-state index < -0.39 is 11.7 Å². The zero-order valence-electron chi connectivity index (χ0n) is 11.8. The van der Waals surface area contributed by atoms with Gasteiger partial charge in [-0.25, -0.2) is 4.39 Å². The Morgan fingerprint density at radius 2 is 2.05 bits per heavy atom. The third-order valence-electron chi connectivity index (χ3n) is 2.98. The van der Waals surface area contributed by atoms with E-state index in [1.165, 1.54) is 12.1 Å². The molecule has 110 valence electrons. The molecule has 1 amide bonds. The van der Waals surface area contributed by atoms with E-state index in [9.17, 15) is 9.18 Å². The van der Waals surface area contributed by atoms with Crippen LogP contribution in [0.3, 0.4) is 0 Å². The number of para-hydroxylation sites is 1. The Morgan fingerprint density at radius 1 is 1.29 bits per heavy atom. The van der Waals surface area contributed by atoms with Crippen molar-refractivity contribution in [1.82, 2.24) is 0 Å². The number of aryl methyl sites for hydroxylation is 1. The van der Waals surface area contributed by atoms with Crippen LogP contribution in [0.15, 0.2) is 36.4 Å². The van der Waals surface area contributed by atoms with Crippen molar-refractivity contribution >= 4 is 28.9 Å². The van der Waals surface area contributed by atoms with Crippen LogP contribution in [0.25, 0.3) is 0 Å². The molecule has 0 fully saturated rings. The van der Waals surface area contributed by atoms with Crippen LogP contribution in [-0.2, 0) is 0 Å². The fourth-order valence-corrected chi connectivity index (χ4v) is 2.26. The summed E-state index contributed by atoms with van der Waals surface area (Å²) in [5.74, 6) is -0.865. The average Bonchev–Trinajstić information content (AvgIpc) is 2.44. The zero-order chi connectivity index (χ0) is 15.4. The van der Waals surface area contributed by atoms with E-state index in [1.807, 2.05) is 19.9 Å². The third-order valence-corrected chi connectivity index (χ3v) is 3.30. The van der Waals surface area contributed by atoms with Gasteiger partial charge in [0.25, 0.3) is 5.91 Å². The molecule has 2 rings (SSSR count). The van der Waals surface area contributed by atoms with Gasteiger partial charge in [-0.05, 0) is 43.7 Å². The Balaban J connectivity index is 2.30. The molecular formula is C16H16ClFN2O. The number of carbonyl (C=O) groups excluding carboxylic acids is 1. The lowest BCUT2D eigenvalue weighted by atomic mass is 10.1. The fourth-order valence-electron chi connectivity index (χ4n) is 1.98. The average molecular weight is 307 g/mol. The third kappa shape index (κ3) is 3.52. The molecule has 0 saturated heterocycles. The second-order valence-corrected chi connectivity index (χ2v) is 5.04. The number of nitrogens with one attached hydrogen (secondary N) is 2. The molecule has 5 heteroatoms. The number of carbonyl (C=O) groups is 1. The van der Waals surface area contributed by atoms with Gasteiger partial charge in [0.2, 0.25) is 0 Å². The Labute approximate surface area is 128 Å². The van der Waals surface area contributed by atoms with Gasteiger partial charge >= 0.3 is 0 Å². The molecule has 0 unspecified atom stereocenters. The van der Waals surface area contributed by atoms with Crippen LogP contribution in [0.5, 0.6) is 0 Å². The largest absolute Gasteiger partial charge is 0.382 e. The van der Waals surface area contributed by atoms with Gasteiger partial charge in [0.1, 0.15) is 5.82 Å². The Hall–Kier alpha value is -2.07. The first-order valence-corrected chi connectivity index (χ1v) is 7.00. The minimum atomic E-state index is -0.459. The summed E-state index contributed by atoms with van der Waals surface area (Å²) in [6.07, 6.45) is 0. The highest BCUT2D eigenvalue weighted by Gasteiger charge is 2.15. The molecular weight excluding hydrogens is 291 g/mol. The summed E-state index contributed by atoms with van der Waals surface area (Å²) in [6, 6.07) is 9.71. The van der Waals surface area contributed by atoms with Gasteiger partial charge in [0.15, 0.2) is 0 Å². The first-order valence-electron chi connectivity index (χ1n) is 6.62. The summed E-state index contributed by atoms with van der Waals surface area (Å²) in [7, 11) is 0. The Morgan fingerprint density at radius 3 is 2.71 bits per heavy atom. The molecule has 0 aromatic heterocycles. The molecule has 2 aromatic rings. The van der Waals surface area contributed by atoms with Crippen LogP contribution in [-0.4, -0.2) is 12.5 Å². The highest BCUT2D eigenvalue weighted by atomic mass is 35.5. The molecule has 0 spiro atoms. The van der Waals surface area contributed by atoms with Gasteiger partial charge < -0.3 is 10.6 Å². The lowest BCUT2D eigenvalue weighted by Crippen LogP contribution is -2.16. The van der Waals surface area contributed by atoms with Gasteiger partial charge in [-0.3, -0.25) is 4.79 Å². The minimum Gasteiger partial charge on any atom is -0.382 e. The number of hydrogen-bond acceptors (Lipinski definition) is 2. The number of anilines is 2. The van der Waals surface area contributed by atoms with Gasteiger partial charge in [-0.2, -0.15) is 0 Å². The second-order valence-electron chi connectivity index (χ2n) is 4.63. The number of hydrogen-bond donors (Lipinski definition) is 2. The van der Waals surface area contributed by atoms with Crippen molar-refractivity contribution in [1.29, 1.82) is 0 Å². The normalized spacial score (nSPS) is 10.3. The summed E-state index contributed by atoms with van der Waals surface area (Å²) in [4.78, 5) is 12.3. The SMILES string of the molecule is CCNc1c(F)cccc1C(=O)Nc1ccc(C)cc1Cl. The molecule has 21 heavy (non-hydrogen) atoms. The molecule has 0 heterocycles. The van der Waals surface area contributed by atoms with Crippen LogP contribution in [0.4, 0.5) is 15.8 Å². The maximum Gasteiger partial charge on any atom is 0.257 e. The number of benzene rings is 2. The van der Waals surface area contributed by atoms with E-state index in [1.54, 1.807) is 18.2 Å². The summed E-state index contributed by atoms with van der Waals surface area (Å²) >= 11 is 6.09. The summed E-state index contributed by atoms with van der Waals surface area (Å²) in [6.45, 7) is 4.27. The van der Waals surface area contributed by atoms with Crippen LogP contribution in [0.2, 0.25) is 5.02 Å². The summed E-state index contributed by atoms with van der Waals surface area (Å²) < 4.78 is 13.8. The van der Waals surface area contributed by atoms with E-state index in [0.29, 0.717) is 17.3 Å². The van der Waals surface area contributed by atoms with Gasteiger partial charge in [-0.1, -0.05) is 23.7 Å². The van der Waals surface area contributed by atoms with Crippen molar-refractivity contribution in [2.24, 2.45) is 0 Å². The van der Waals surface area contributed by atoms with E-state index >= 15 is 0 Å². The number of amides is 1. The monoisotopic (exact) mass is 306 g/mol. The molecule has 3 nitrogen and oxygen atoms in total. The molecule has 0 radical (unpaired) electrons. The highest BCUT2D eigenvalue weighted by molar-refractivity contribution is 6.34. The van der Waals surface area contributed by atoms with Crippen LogP contribution < -0.4 is 10.6 Å². The number of halogens is 2. The molecule has 2 N–H and O–H groups in total. The lowest BCUT2D eigenvalue weighted by Gasteiger charge is -2.13. The first-order chi connectivity index (χ1) is 10.0. The second kappa shape index (κ2) is 6.59. The predicted octanol–water partition coefficient (Wildman–Crippen LogP) is 4.47. The van der Waals surface area contributed by atoms with Crippen molar-refractivity contribution in [3.05, 3.63) is 58.4 Å². The van der Waals surface area contributed by atoms with Crippen LogP contribution in [0, 0.1) is 12.7 Å². The van der Waals surface area contributed by atoms with E-state index in [4.69, 9.17) is 11.6 Å². The van der Waals surface area contributed by atoms with Crippen LogP contribution >= 0.6 is 11.6 Å². The molecule has 0 aliphatic rings. The Kier molecular flexibility index (Phi) is 4.81. The molecule has 2 aromatic carbocycles. The Bertz CT molecular complexity index is 673. The van der Waals surface area contributed by atoms with Crippen molar-refractivity contribution in [3.8, 4) is 0 Å². The van der Waals surface area contributed by atoms with Crippen molar-refractivity contribution < 1.29 is 9.18 Å². The quantitative estimate of drug-likeness (QED) is 0.875. The molecule has 0 bridgehead atoms. The first kappa shape index (κ1) is 15.3. The molecule has 0 saturated carbocycles. The molecule has 0 aliphatic carbocycles. The zero-order valence-corrected chi connectivity index (χ0v) is 12.6. The van der Waals surface area contributed by atoms with Crippen LogP contribution in [0.1, 0.15) is 22.8 Å². The van der Waals surface area contributed by atoms with Crippen molar-refractivity contribution in [2.45, 2.75) is 13.8 Å². The van der Waals surface area contributed by atoms with Gasteiger partial charge in [-0.15, -0.1) is 0 Å². The van der Waals surface area contributed by atoms with Gasteiger partial charge in [0.05, 0.1) is 22.0 Å². The minimum absolute atomic E-state index is 0.195. The standard InChI is InChI=1S/C16H16ClFN2O/c1-3-19-15-11(5-4-6-13(15)18)16(21)20-14-8-7-10(2)9-12(14)17/h4-9,19H,3H2,1-2H3,(H,20,21). The predicted molar refractivity (Wildman–Crippen MR) is 84.7 cm³/mol. The van der Waals surface area contributed by atoms with E-state index in [0.717, 1.165) is 5.56 Å². The molecule has 0 aliphatic heterocycles. The highest BCUT2D eigenvalue weighted by Crippen LogP contribution is 2.25. The fraction of sp³-hybridized carbons (Fsp3) is 0.188. The van der Waals surface area contributed by atoms with Crippen molar-refractivity contribution in [2.75, 3.05) is 17.2 Å². The topological polar surface area (TPSA) is 41.1 Å². The van der Waals surface area contributed by atoms with E-state index in [-0.39, 0.29) is 11.3 Å². The smallest absolute Gasteiger partial charge is 0.257 e. The lowest BCUT2D eigenvalue weighted by molar-refractivity contribution is 0.102.